The molecule has 1 saturated carbocycles. The molecule has 2 fully saturated rings. The molecular weight excluding hydrogens is 262 g/mol. The van der Waals surface area contributed by atoms with E-state index in [0.717, 1.165) is 18.9 Å². The molecule has 110 valence electrons. The summed E-state index contributed by atoms with van der Waals surface area (Å²) in [5, 5.41) is 6.68. The third-order valence-corrected chi connectivity index (χ3v) is 5.25. The summed E-state index contributed by atoms with van der Waals surface area (Å²) < 4.78 is 22.8. The van der Waals surface area contributed by atoms with E-state index in [9.17, 15) is 8.42 Å². The molecule has 2 N–H and O–H groups in total. The molecule has 0 aromatic carbocycles. The third-order valence-electron chi connectivity index (χ3n) is 3.42. The van der Waals surface area contributed by atoms with Gasteiger partial charge in [0.05, 0.1) is 11.5 Å². The highest BCUT2D eigenvalue weighted by atomic mass is 32.2. The molecule has 1 atom stereocenters. The molecule has 1 unspecified atom stereocenters. The fourth-order valence-corrected chi connectivity index (χ4v) is 3.98. The number of hydrogen-bond acceptors (Lipinski definition) is 3. The normalized spacial score (nSPS) is 26.7. The van der Waals surface area contributed by atoms with Crippen molar-refractivity contribution in [2.45, 2.75) is 39.2 Å². The zero-order chi connectivity index (χ0) is 13.9. The van der Waals surface area contributed by atoms with Gasteiger partial charge < -0.3 is 10.6 Å². The van der Waals surface area contributed by atoms with Gasteiger partial charge in [0.1, 0.15) is 0 Å². The number of hydrogen-bond donors (Lipinski definition) is 2. The lowest BCUT2D eigenvalue weighted by molar-refractivity contribution is 0.564. The van der Waals surface area contributed by atoms with Crippen molar-refractivity contribution in [1.82, 2.24) is 10.6 Å². The Morgan fingerprint density at radius 3 is 2.58 bits per heavy atom. The predicted octanol–water partition coefficient (Wildman–Crippen LogP) is 0.775. The first-order valence-electron chi connectivity index (χ1n) is 7.20. The molecule has 0 amide bonds. The summed E-state index contributed by atoms with van der Waals surface area (Å²) in [5.41, 5.74) is 0. The van der Waals surface area contributed by atoms with Crippen LogP contribution in [-0.4, -0.2) is 45.0 Å². The van der Waals surface area contributed by atoms with Crippen molar-refractivity contribution >= 4 is 15.8 Å². The van der Waals surface area contributed by atoms with Crippen molar-refractivity contribution in [2.24, 2.45) is 16.8 Å². The Balaban J connectivity index is 1.80. The van der Waals surface area contributed by atoms with E-state index in [1.807, 2.05) is 0 Å². The number of aliphatic imine (C=N–C) groups is 1. The molecule has 1 heterocycles. The average Bonchev–Trinajstić information content (AvgIpc) is 3.06. The van der Waals surface area contributed by atoms with Gasteiger partial charge in [-0.25, -0.2) is 8.42 Å². The Morgan fingerprint density at radius 2 is 2.05 bits per heavy atom. The summed E-state index contributed by atoms with van der Waals surface area (Å²) >= 11 is 0. The van der Waals surface area contributed by atoms with E-state index in [0.29, 0.717) is 30.0 Å². The molecule has 0 bridgehead atoms. The van der Waals surface area contributed by atoms with Gasteiger partial charge in [0.2, 0.25) is 0 Å². The topological polar surface area (TPSA) is 70.6 Å². The summed E-state index contributed by atoms with van der Waals surface area (Å²) in [6.07, 6.45) is 3.19. The third kappa shape index (κ3) is 5.38. The first-order chi connectivity index (χ1) is 8.94. The van der Waals surface area contributed by atoms with Gasteiger partial charge in [-0.15, -0.1) is 0 Å². The minimum atomic E-state index is -2.78. The summed E-state index contributed by atoms with van der Waals surface area (Å²) in [7, 11) is -2.78. The molecule has 2 rings (SSSR count). The zero-order valence-electron chi connectivity index (χ0n) is 11.9. The molecule has 0 aromatic rings. The van der Waals surface area contributed by atoms with Gasteiger partial charge in [-0.2, -0.15) is 0 Å². The first kappa shape index (κ1) is 14.6. The van der Waals surface area contributed by atoms with E-state index in [4.69, 9.17) is 0 Å². The van der Waals surface area contributed by atoms with Gasteiger partial charge in [0.25, 0.3) is 0 Å². The maximum atomic E-state index is 11.4. The van der Waals surface area contributed by atoms with E-state index in [2.05, 4.69) is 29.5 Å². The highest BCUT2D eigenvalue weighted by molar-refractivity contribution is 7.91. The molecule has 19 heavy (non-hydrogen) atoms. The van der Waals surface area contributed by atoms with E-state index < -0.39 is 9.84 Å². The molecule has 1 aliphatic heterocycles. The van der Waals surface area contributed by atoms with E-state index in [-0.39, 0.29) is 5.92 Å². The number of nitrogens with zero attached hydrogens (tertiary/aromatic N) is 1. The van der Waals surface area contributed by atoms with Gasteiger partial charge in [0.15, 0.2) is 15.8 Å². The van der Waals surface area contributed by atoms with Crippen LogP contribution in [0.1, 0.15) is 33.1 Å². The minimum Gasteiger partial charge on any atom is -0.356 e. The Kier molecular flexibility index (Phi) is 4.71. The van der Waals surface area contributed by atoms with Crippen LogP contribution in [0, 0.1) is 11.8 Å². The Bertz CT molecular complexity index is 427. The largest absolute Gasteiger partial charge is 0.356 e. The average molecular weight is 287 g/mol. The second-order valence-electron chi connectivity index (χ2n) is 6.15. The lowest BCUT2D eigenvalue weighted by atomic mass is 10.1. The van der Waals surface area contributed by atoms with Crippen LogP contribution < -0.4 is 10.6 Å². The summed E-state index contributed by atoms with van der Waals surface area (Å²) in [5.74, 6) is 2.27. The molecule has 1 saturated heterocycles. The smallest absolute Gasteiger partial charge is 0.191 e. The summed E-state index contributed by atoms with van der Waals surface area (Å²) in [4.78, 5) is 4.55. The van der Waals surface area contributed by atoms with E-state index >= 15 is 0 Å². The van der Waals surface area contributed by atoms with Crippen LogP contribution in [0.2, 0.25) is 0 Å². The number of guanidine groups is 1. The maximum absolute atomic E-state index is 11.4. The van der Waals surface area contributed by atoms with Crippen LogP contribution >= 0.6 is 0 Å². The van der Waals surface area contributed by atoms with Crippen LogP contribution in [0.5, 0.6) is 0 Å². The Morgan fingerprint density at radius 1 is 1.32 bits per heavy atom. The van der Waals surface area contributed by atoms with Crippen molar-refractivity contribution in [1.29, 1.82) is 0 Å². The molecule has 5 nitrogen and oxygen atoms in total. The van der Waals surface area contributed by atoms with Crippen LogP contribution in [0.15, 0.2) is 4.99 Å². The Hall–Kier alpha value is -0.780. The molecule has 0 spiro atoms. The van der Waals surface area contributed by atoms with Crippen molar-refractivity contribution < 1.29 is 8.42 Å². The van der Waals surface area contributed by atoms with E-state index in [1.165, 1.54) is 12.8 Å². The first-order valence-corrected chi connectivity index (χ1v) is 9.02. The quantitative estimate of drug-likeness (QED) is 0.579. The summed E-state index contributed by atoms with van der Waals surface area (Å²) in [6, 6.07) is 0.561. The van der Waals surface area contributed by atoms with Crippen molar-refractivity contribution in [3.63, 3.8) is 0 Å². The van der Waals surface area contributed by atoms with Crippen molar-refractivity contribution in [3.05, 3.63) is 0 Å². The molecule has 0 aromatic heterocycles. The van der Waals surface area contributed by atoms with Crippen LogP contribution in [-0.2, 0) is 9.84 Å². The number of rotatable bonds is 5. The standard InChI is InChI=1S/C13H25N3O2S/c1-10(2)7-14-13(16-12-3-4-12)15-8-11-5-6-19(17,18)9-11/h10-12H,3-9H2,1-2H3,(H2,14,15,16). The Labute approximate surface area is 116 Å². The van der Waals surface area contributed by atoms with Crippen molar-refractivity contribution in [2.75, 3.05) is 24.6 Å². The molecule has 1 aliphatic carbocycles. The molecule has 2 aliphatic rings. The van der Waals surface area contributed by atoms with Crippen LogP contribution in [0.3, 0.4) is 0 Å². The predicted molar refractivity (Wildman–Crippen MR) is 78.1 cm³/mol. The second kappa shape index (κ2) is 6.11. The minimum absolute atomic E-state index is 0.232. The van der Waals surface area contributed by atoms with Gasteiger partial charge in [0, 0.05) is 19.1 Å². The summed E-state index contributed by atoms with van der Waals surface area (Å²) in [6.45, 7) is 5.78. The molecule has 0 radical (unpaired) electrons. The lowest BCUT2D eigenvalue weighted by Gasteiger charge is -2.15. The zero-order valence-corrected chi connectivity index (χ0v) is 12.7. The highest BCUT2D eigenvalue weighted by Crippen LogP contribution is 2.19. The van der Waals surface area contributed by atoms with Gasteiger partial charge >= 0.3 is 0 Å². The van der Waals surface area contributed by atoms with Gasteiger partial charge in [-0.3, -0.25) is 4.99 Å². The molecular formula is C13H25N3O2S. The lowest BCUT2D eigenvalue weighted by Crippen LogP contribution is -2.41. The van der Waals surface area contributed by atoms with Crippen LogP contribution in [0.25, 0.3) is 0 Å². The SMILES string of the molecule is CC(C)CN=C(NCC1CCS(=O)(=O)C1)NC1CC1. The second-order valence-corrected chi connectivity index (χ2v) is 8.38. The van der Waals surface area contributed by atoms with Gasteiger partial charge in [-0.1, -0.05) is 13.8 Å². The van der Waals surface area contributed by atoms with Crippen LogP contribution in [0.4, 0.5) is 0 Å². The maximum Gasteiger partial charge on any atom is 0.191 e. The number of sulfone groups is 1. The monoisotopic (exact) mass is 287 g/mol. The highest BCUT2D eigenvalue weighted by Gasteiger charge is 2.28. The molecule has 6 heteroatoms. The fourth-order valence-electron chi connectivity index (χ4n) is 2.12. The van der Waals surface area contributed by atoms with Crippen molar-refractivity contribution in [3.8, 4) is 0 Å². The van der Waals surface area contributed by atoms with Gasteiger partial charge in [-0.05, 0) is 31.1 Å². The fraction of sp³-hybridized carbons (Fsp3) is 0.923. The number of nitrogens with one attached hydrogen (secondary N) is 2. The van der Waals surface area contributed by atoms with E-state index in [1.54, 1.807) is 0 Å².